The summed E-state index contributed by atoms with van der Waals surface area (Å²) >= 11 is 0. The molecule has 1 aromatic heterocycles. The molecule has 0 unspecified atom stereocenters. The normalized spacial score (nSPS) is 46.8. The number of Topliss-reactive ketones (excluding diaryl/α,β-unsaturated/α-hetero) is 1. The van der Waals surface area contributed by atoms with Crippen LogP contribution in [0.2, 0.25) is 0 Å². The molecule has 4 fully saturated rings. The summed E-state index contributed by atoms with van der Waals surface area (Å²) in [5.74, 6) is 3.42. The van der Waals surface area contributed by atoms with Gasteiger partial charge in [-0.05, 0) is 106 Å². The summed E-state index contributed by atoms with van der Waals surface area (Å²) in [6.45, 7) is 9.47. The molecule has 4 aliphatic rings. The van der Waals surface area contributed by atoms with E-state index in [1.54, 1.807) is 4.68 Å². The summed E-state index contributed by atoms with van der Waals surface area (Å²) in [4.78, 5) is 13.4. The fourth-order valence-corrected chi connectivity index (χ4v) is 8.81. The van der Waals surface area contributed by atoms with E-state index < -0.39 is 5.60 Å². The fourth-order valence-electron chi connectivity index (χ4n) is 8.81. The minimum absolute atomic E-state index is 0.149. The maximum atomic E-state index is 13.4. The largest absolute Gasteiger partial charge is 0.390 e. The molecular formula is C26H41N3O2. The SMILES string of the molecule is CCc1cn(CC(=O)[C@H]2CC[C@H]3[C@@H]4CC[C@@H]5C[C@](C)(O)CC[C@]5(C)[C@H]4CC[C@]23C)nn1. The molecule has 31 heavy (non-hydrogen) atoms. The summed E-state index contributed by atoms with van der Waals surface area (Å²) in [6, 6.07) is 0. The quantitative estimate of drug-likeness (QED) is 0.748. The third-order valence-electron chi connectivity index (χ3n) is 10.6. The van der Waals surface area contributed by atoms with Crippen LogP contribution in [0.25, 0.3) is 0 Å². The fraction of sp³-hybridized carbons (Fsp3) is 0.885. The van der Waals surface area contributed by atoms with E-state index in [0.717, 1.165) is 43.2 Å². The van der Waals surface area contributed by atoms with Crippen molar-refractivity contribution in [2.45, 2.75) is 104 Å². The van der Waals surface area contributed by atoms with Gasteiger partial charge in [-0.15, -0.1) is 5.10 Å². The highest BCUT2D eigenvalue weighted by Gasteiger charge is 2.61. The first-order chi connectivity index (χ1) is 14.7. The van der Waals surface area contributed by atoms with Crippen molar-refractivity contribution in [3.8, 4) is 0 Å². The van der Waals surface area contributed by atoms with Crippen molar-refractivity contribution >= 4 is 5.78 Å². The van der Waals surface area contributed by atoms with Gasteiger partial charge in [0.2, 0.25) is 0 Å². The van der Waals surface area contributed by atoms with Crippen LogP contribution in [0.5, 0.6) is 0 Å². The van der Waals surface area contributed by atoms with Crippen molar-refractivity contribution in [1.29, 1.82) is 0 Å². The number of carbonyl (C=O) groups excluding carboxylic acids is 1. The number of aromatic nitrogens is 3. The van der Waals surface area contributed by atoms with Gasteiger partial charge in [-0.2, -0.15) is 0 Å². The number of ketones is 1. The lowest BCUT2D eigenvalue weighted by molar-refractivity contribution is -0.151. The molecule has 0 spiro atoms. The summed E-state index contributed by atoms with van der Waals surface area (Å²) in [6.07, 6.45) is 13.2. The maximum Gasteiger partial charge on any atom is 0.157 e. The molecule has 5 rings (SSSR count). The van der Waals surface area contributed by atoms with E-state index in [9.17, 15) is 9.90 Å². The first-order valence-corrected chi connectivity index (χ1v) is 12.8. The minimum Gasteiger partial charge on any atom is -0.390 e. The van der Waals surface area contributed by atoms with E-state index in [1.807, 2.05) is 13.1 Å². The second kappa shape index (κ2) is 7.40. The third kappa shape index (κ3) is 3.41. The van der Waals surface area contributed by atoms with E-state index in [2.05, 4.69) is 31.1 Å². The zero-order chi connectivity index (χ0) is 22.0. The lowest BCUT2D eigenvalue weighted by Crippen LogP contribution is -2.55. The summed E-state index contributed by atoms with van der Waals surface area (Å²) in [7, 11) is 0. The Morgan fingerprint density at radius 3 is 2.58 bits per heavy atom. The Kier molecular flexibility index (Phi) is 5.16. The van der Waals surface area contributed by atoms with Gasteiger partial charge in [-0.25, -0.2) is 4.68 Å². The Labute approximate surface area is 187 Å². The molecule has 0 saturated heterocycles. The highest BCUT2D eigenvalue weighted by Crippen LogP contribution is 2.68. The van der Waals surface area contributed by atoms with Gasteiger partial charge >= 0.3 is 0 Å². The molecule has 1 N–H and O–H groups in total. The van der Waals surface area contributed by atoms with Gasteiger partial charge in [0.1, 0.15) is 6.54 Å². The number of fused-ring (bicyclic) bond motifs is 5. The molecule has 1 aromatic rings. The summed E-state index contributed by atoms with van der Waals surface area (Å²) in [5.41, 5.74) is 1.02. The van der Waals surface area contributed by atoms with E-state index in [1.165, 1.54) is 38.5 Å². The second-order valence-corrected chi connectivity index (χ2v) is 12.3. The number of hydrogen-bond donors (Lipinski definition) is 1. The summed E-state index contributed by atoms with van der Waals surface area (Å²) in [5, 5.41) is 19.0. The van der Waals surface area contributed by atoms with Gasteiger partial charge in [0, 0.05) is 12.1 Å². The lowest BCUT2D eigenvalue weighted by atomic mass is 9.44. The molecule has 0 radical (unpaired) electrons. The molecule has 4 aliphatic carbocycles. The van der Waals surface area contributed by atoms with E-state index >= 15 is 0 Å². The molecule has 0 bridgehead atoms. The van der Waals surface area contributed by atoms with Crippen LogP contribution in [0.3, 0.4) is 0 Å². The molecule has 172 valence electrons. The highest BCUT2D eigenvalue weighted by molar-refractivity contribution is 5.82. The zero-order valence-electron chi connectivity index (χ0n) is 19.9. The van der Waals surface area contributed by atoms with E-state index in [0.29, 0.717) is 29.6 Å². The first-order valence-electron chi connectivity index (χ1n) is 12.8. The summed E-state index contributed by atoms with van der Waals surface area (Å²) < 4.78 is 1.75. The Morgan fingerprint density at radius 1 is 1.06 bits per heavy atom. The van der Waals surface area contributed by atoms with Crippen LogP contribution < -0.4 is 0 Å². The van der Waals surface area contributed by atoms with Gasteiger partial charge in [-0.1, -0.05) is 26.0 Å². The minimum atomic E-state index is -0.468. The van der Waals surface area contributed by atoms with Gasteiger partial charge in [0.15, 0.2) is 5.78 Å². The molecule has 1 heterocycles. The smallest absolute Gasteiger partial charge is 0.157 e. The average Bonchev–Trinajstić information content (AvgIpc) is 3.31. The van der Waals surface area contributed by atoms with Gasteiger partial charge < -0.3 is 5.11 Å². The molecule has 5 nitrogen and oxygen atoms in total. The Balaban J connectivity index is 1.33. The van der Waals surface area contributed by atoms with Crippen LogP contribution in [0, 0.1) is 40.4 Å². The number of nitrogens with zero attached hydrogens (tertiary/aromatic N) is 3. The number of aryl methyl sites for hydroxylation is 1. The van der Waals surface area contributed by atoms with Crippen LogP contribution >= 0.6 is 0 Å². The van der Waals surface area contributed by atoms with Crippen LogP contribution in [-0.4, -0.2) is 31.5 Å². The van der Waals surface area contributed by atoms with E-state index in [4.69, 9.17) is 0 Å². The Hall–Kier alpha value is -1.23. The Morgan fingerprint density at radius 2 is 1.84 bits per heavy atom. The van der Waals surface area contributed by atoms with Gasteiger partial charge in [0.05, 0.1) is 11.3 Å². The van der Waals surface area contributed by atoms with Crippen LogP contribution in [0.15, 0.2) is 6.20 Å². The van der Waals surface area contributed by atoms with Crippen molar-refractivity contribution in [3.05, 3.63) is 11.9 Å². The van der Waals surface area contributed by atoms with Gasteiger partial charge in [-0.3, -0.25) is 4.79 Å². The Bertz CT molecular complexity index is 847. The zero-order valence-corrected chi connectivity index (χ0v) is 19.9. The molecule has 5 heteroatoms. The molecule has 0 amide bonds. The molecule has 4 saturated carbocycles. The monoisotopic (exact) mass is 427 g/mol. The topological polar surface area (TPSA) is 68.0 Å². The predicted octanol–water partition coefficient (Wildman–Crippen LogP) is 4.82. The average molecular weight is 428 g/mol. The van der Waals surface area contributed by atoms with Crippen molar-refractivity contribution in [3.63, 3.8) is 0 Å². The van der Waals surface area contributed by atoms with Crippen molar-refractivity contribution in [2.24, 2.45) is 40.4 Å². The number of hydrogen-bond acceptors (Lipinski definition) is 4. The van der Waals surface area contributed by atoms with Crippen LogP contribution in [0.1, 0.15) is 91.2 Å². The molecule has 8 atom stereocenters. The van der Waals surface area contributed by atoms with E-state index in [-0.39, 0.29) is 11.3 Å². The third-order valence-corrected chi connectivity index (χ3v) is 10.6. The number of carbonyl (C=O) groups is 1. The standard InChI is InChI=1S/C26H41N3O2/c1-5-18-15-29(28-27-18)16-23(30)22-9-8-20-19-7-6-17-14-24(2,31)12-13-25(17,3)21(19)10-11-26(20,22)4/h15,17,19-22,31H,5-14,16H2,1-4H3/t17-,19+,20+,21+,22-,24-,25+,26+/m1/s1. The van der Waals surface area contributed by atoms with Crippen molar-refractivity contribution in [1.82, 2.24) is 15.0 Å². The number of aliphatic hydroxyl groups is 1. The molecule has 0 aliphatic heterocycles. The number of rotatable bonds is 4. The van der Waals surface area contributed by atoms with Crippen molar-refractivity contribution in [2.75, 3.05) is 0 Å². The molecule has 0 aromatic carbocycles. The first kappa shape index (κ1) is 21.6. The van der Waals surface area contributed by atoms with Crippen LogP contribution in [-0.2, 0) is 17.8 Å². The van der Waals surface area contributed by atoms with Gasteiger partial charge in [0.25, 0.3) is 0 Å². The second-order valence-electron chi connectivity index (χ2n) is 12.3. The predicted molar refractivity (Wildman–Crippen MR) is 120 cm³/mol. The molecular weight excluding hydrogens is 386 g/mol. The highest BCUT2D eigenvalue weighted by atomic mass is 16.3. The van der Waals surface area contributed by atoms with Crippen molar-refractivity contribution < 1.29 is 9.90 Å². The maximum absolute atomic E-state index is 13.4. The van der Waals surface area contributed by atoms with Crippen LogP contribution in [0.4, 0.5) is 0 Å². The lowest BCUT2D eigenvalue weighted by Gasteiger charge is -2.61.